The minimum atomic E-state index is 0.490. The van der Waals surface area contributed by atoms with Crippen LogP contribution in [-0.4, -0.2) is 78.5 Å². The summed E-state index contributed by atoms with van der Waals surface area (Å²) in [4.78, 5) is 18.4. The number of ether oxygens (including phenoxy) is 1. The molecule has 1 aliphatic heterocycles. The largest absolute Gasteiger partial charge is 0.380 e. The van der Waals surface area contributed by atoms with Crippen molar-refractivity contribution in [1.29, 1.82) is 5.41 Å². The summed E-state index contributed by atoms with van der Waals surface area (Å²) in [5.74, 6) is 1.91. The van der Waals surface area contributed by atoms with Gasteiger partial charge in [0, 0.05) is 39.5 Å². The number of anilines is 4. The molecule has 0 saturated carbocycles. The lowest BCUT2D eigenvalue weighted by Crippen LogP contribution is -2.35. The molecule has 1 aliphatic rings. The van der Waals surface area contributed by atoms with Gasteiger partial charge in [0.2, 0.25) is 5.95 Å². The van der Waals surface area contributed by atoms with Crippen LogP contribution in [0.3, 0.4) is 0 Å². The van der Waals surface area contributed by atoms with E-state index in [1.165, 1.54) is 19.3 Å². The van der Waals surface area contributed by atoms with Crippen LogP contribution >= 0.6 is 0 Å². The maximum Gasteiger partial charge on any atom is 0.227 e. The zero-order valence-corrected chi connectivity index (χ0v) is 20.4. The van der Waals surface area contributed by atoms with Crippen LogP contribution in [0.25, 0.3) is 0 Å². The quantitative estimate of drug-likeness (QED) is 0.330. The van der Waals surface area contributed by atoms with Gasteiger partial charge in [-0.2, -0.15) is 4.98 Å². The zero-order chi connectivity index (χ0) is 23.6. The van der Waals surface area contributed by atoms with Crippen LogP contribution in [0.15, 0.2) is 18.3 Å². The van der Waals surface area contributed by atoms with Crippen LogP contribution in [0.1, 0.15) is 44.4 Å². The van der Waals surface area contributed by atoms with E-state index in [4.69, 9.17) is 20.1 Å². The van der Waals surface area contributed by atoms with Crippen LogP contribution in [0.5, 0.6) is 0 Å². The number of nitrogens with one attached hydrogen (secondary N) is 3. The number of likely N-dealkylation sites (tertiary alicyclic amines) is 1. The molecule has 3 N–H and O–H groups in total. The Kier molecular flexibility index (Phi) is 9.38. The van der Waals surface area contributed by atoms with E-state index in [-0.39, 0.29) is 0 Å². The van der Waals surface area contributed by atoms with Crippen LogP contribution in [0.2, 0.25) is 0 Å². The van der Waals surface area contributed by atoms with E-state index in [9.17, 15) is 0 Å². The first-order chi connectivity index (χ1) is 16.0. The molecule has 0 spiro atoms. The van der Waals surface area contributed by atoms with Gasteiger partial charge in [0.05, 0.1) is 12.3 Å². The van der Waals surface area contributed by atoms with Crippen molar-refractivity contribution in [3.05, 3.63) is 29.6 Å². The third-order valence-corrected chi connectivity index (χ3v) is 5.74. The number of pyridine rings is 1. The molecule has 9 nitrogen and oxygen atoms in total. The first kappa shape index (κ1) is 24.9. The van der Waals surface area contributed by atoms with Gasteiger partial charge in [-0.3, -0.25) is 4.90 Å². The number of piperidine rings is 1. The molecule has 3 rings (SSSR count). The number of aromatic nitrogens is 3. The Morgan fingerprint density at radius 2 is 2.00 bits per heavy atom. The lowest BCUT2D eigenvalue weighted by atomic mass is 10.1. The van der Waals surface area contributed by atoms with Crippen LogP contribution in [0, 0.1) is 12.3 Å². The SMILES string of the molecule is CCOCCNc1c(Nc2cc(C)ccn2)nc(N(C)CC)nc1C(=N)CN1CCCCC1. The van der Waals surface area contributed by atoms with Gasteiger partial charge in [0.15, 0.2) is 5.82 Å². The summed E-state index contributed by atoms with van der Waals surface area (Å²) < 4.78 is 5.52. The van der Waals surface area contributed by atoms with Crippen LogP contribution in [0.4, 0.5) is 23.3 Å². The second kappa shape index (κ2) is 12.5. The molecule has 2 aromatic rings. The van der Waals surface area contributed by atoms with Crippen molar-refractivity contribution in [1.82, 2.24) is 19.9 Å². The highest BCUT2D eigenvalue weighted by Crippen LogP contribution is 2.29. The molecule has 0 atom stereocenters. The predicted octanol–water partition coefficient (Wildman–Crippen LogP) is 3.68. The fourth-order valence-electron chi connectivity index (χ4n) is 3.77. The molecule has 0 bridgehead atoms. The van der Waals surface area contributed by atoms with Gasteiger partial charge in [0.25, 0.3) is 0 Å². The monoisotopic (exact) mass is 454 g/mol. The van der Waals surface area contributed by atoms with Gasteiger partial charge in [-0.05, 0) is 64.4 Å². The summed E-state index contributed by atoms with van der Waals surface area (Å²) >= 11 is 0. The molecule has 3 heterocycles. The molecule has 33 heavy (non-hydrogen) atoms. The average molecular weight is 455 g/mol. The van der Waals surface area contributed by atoms with E-state index in [0.29, 0.717) is 61.0 Å². The van der Waals surface area contributed by atoms with Crippen molar-refractivity contribution < 1.29 is 4.74 Å². The highest BCUT2D eigenvalue weighted by molar-refractivity contribution is 6.05. The molecule has 0 aliphatic carbocycles. The third kappa shape index (κ3) is 7.10. The van der Waals surface area contributed by atoms with Gasteiger partial charge < -0.3 is 25.7 Å². The van der Waals surface area contributed by atoms with Crippen LogP contribution in [-0.2, 0) is 4.74 Å². The van der Waals surface area contributed by atoms with E-state index in [2.05, 4.69) is 27.4 Å². The minimum absolute atomic E-state index is 0.490. The van der Waals surface area contributed by atoms with E-state index in [1.807, 2.05) is 37.9 Å². The topological polar surface area (TPSA) is 102 Å². The van der Waals surface area contributed by atoms with E-state index >= 15 is 0 Å². The molecule has 0 amide bonds. The minimum Gasteiger partial charge on any atom is -0.380 e. The van der Waals surface area contributed by atoms with Gasteiger partial charge in [-0.25, -0.2) is 9.97 Å². The summed E-state index contributed by atoms with van der Waals surface area (Å²) in [7, 11) is 1.96. The predicted molar refractivity (Wildman–Crippen MR) is 135 cm³/mol. The Labute approximate surface area is 197 Å². The highest BCUT2D eigenvalue weighted by atomic mass is 16.5. The molecular weight excluding hydrogens is 416 g/mol. The molecule has 0 radical (unpaired) electrons. The second-order valence-corrected chi connectivity index (χ2v) is 8.39. The number of nitrogens with zero attached hydrogens (tertiary/aromatic N) is 5. The fourth-order valence-corrected chi connectivity index (χ4v) is 3.77. The summed E-state index contributed by atoms with van der Waals surface area (Å²) in [6, 6.07) is 3.94. The lowest BCUT2D eigenvalue weighted by Gasteiger charge is -2.27. The van der Waals surface area contributed by atoms with Crippen molar-refractivity contribution in [3.8, 4) is 0 Å². The van der Waals surface area contributed by atoms with E-state index < -0.39 is 0 Å². The number of rotatable bonds is 12. The summed E-state index contributed by atoms with van der Waals surface area (Å²) in [5.41, 5.74) is 2.94. The summed E-state index contributed by atoms with van der Waals surface area (Å²) in [6.45, 7) is 11.3. The van der Waals surface area contributed by atoms with Gasteiger partial charge in [-0.1, -0.05) is 6.42 Å². The standard InChI is InChI=1S/C24H38N8O/c1-5-31(4)24-29-21(19(25)17-32-13-8-7-9-14-32)22(27-12-15-33-6-2)23(30-24)28-20-16-18(3)10-11-26-20/h10-11,16,25,27H,5-9,12-15,17H2,1-4H3,(H,26,28,29,30). The molecule has 9 heteroatoms. The Balaban J connectivity index is 1.99. The fraction of sp³-hybridized carbons (Fsp3) is 0.583. The summed E-state index contributed by atoms with van der Waals surface area (Å²) in [5, 5.41) is 15.8. The maximum atomic E-state index is 8.96. The Bertz CT molecular complexity index is 913. The zero-order valence-electron chi connectivity index (χ0n) is 20.4. The average Bonchev–Trinajstić information content (AvgIpc) is 2.82. The molecule has 180 valence electrons. The summed E-state index contributed by atoms with van der Waals surface area (Å²) in [6.07, 6.45) is 5.42. The molecule has 1 fully saturated rings. The van der Waals surface area contributed by atoms with Crippen molar-refractivity contribution in [3.63, 3.8) is 0 Å². The van der Waals surface area contributed by atoms with Gasteiger partial charge in [-0.15, -0.1) is 0 Å². The van der Waals surface area contributed by atoms with Crippen molar-refractivity contribution in [2.45, 2.75) is 40.0 Å². The normalized spacial score (nSPS) is 14.2. The van der Waals surface area contributed by atoms with Crippen molar-refractivity contribution in [2.24, 2.45) is 0 Å². The van der Waals surface area contributed by atoms with Crippen molar-refractivity contribution in [2.75, 3.05) is 68.5 Å². The highest BCUT2D eigenvalue weighted by Gasteiger charge is 2.22. The van der Waals surface area contributed by atoms with Gasteiger partial charge in [0.1, 0.15) is 17.2 Å². The first-order valence-corrected chi connectivity index (χ1v) is 12.0. The second-order valence-electron chi connectivity index (χ2n) is 8.39. The smallest absolute Gasteiger partial charge is 0.227 e. The number of hydrogen-bond acceptors (Lipinski definition) is 9. The molecule has 2 aromatic heterocycles. The Hall–Kier alpha value is -2.78. The third-order valence-electron chi connectivity index (χ3n) is 5.74. The Morgan fingerprint density at radius 1 is 1.21 bits per heavy atom. The molecular formula is C24H38N8O. The number of hydrogen-bond donors (Lipinski definition) is 3. The maximum absolute atomic E-state index is 8.96. The molecule has 0 aromatic carbocycles. The molecule has 0 unspecified atom stereocenters. The van der Waals surface area contributed by atoms with E-state index in [0.717, 1.165) is 25.2 Å². The lowest BCUT2D eigenvalue weighted by molar-refractivity contribution is 0.158. The first-order valence-electron chi connectivity index (χ1n) is 12.0. The Morgan fingerprint density at radius 3 is 2.70 bits per heavy atom. The van der Waals surface area contributed by atoms with Crippen molar-refractivity contribution >= 4 is 29.0 Å². The van der Waals surface area contributed by atoms with E-state index in [1.54, 1.807) is 6.20 Å². The van der Waals surface area contributed by atoms with Crippen LogP contribution < -0.4 is 15.5 Å². The molecule has 1 saturated heterocycles. The van der Waals surface area contributed by atoms with Gasteiger partial charge >= 0.3 is 0 Å². The number of aryl methyl sites for hydroxylation is 1.